The van der Waals surface area contributed by atoms with Crippen LogP contribution in [0.2, 0.25) is 0 Å². The number of likely N-dealkylation sites (tertiary alicyclic amines) is 1. The quantitative estimate of drug-likeness (QED) is 0.503. The highest BCUT2D eigenvalue weighted by Crippen LogP contribution is 2.49. The number of hydrogen-bond donors (Lipinski definition) is 2. The Morgan fingerprint density at radius 2 is 1.94 bits per heavy atom. The molecule has 0 unspecified atom stereocenters. The van der Waals surface area contributed by atoms with Crippen molar-refractivity contribution in [2.75, 3.05) is 52.5 Å². The first-order valence-corrected chi connectivity index (χ1v) is 13.2. The summed E-state index contributed by atoms with van der Waals surface area (Å²) in [6, 6.07) is 7.17. The first-order valence-electron chi connectivity index (χ1n) is 13.2. The molecule has 9 nitrogen and oxygen atoms in total. The molecule has 2 aromatic rings. The molecule has 3 aliphatic rings. The van der Waals surface area contributed by atoms with Crippen LogP contribution >= 0.6 is 0 Å². The normalized spacial score (nSPS) is 26.1. The molecule has 9 heteroatoms. The van der Waals surface area contributed by atoms with Crippen LogP contribution in [-0.2, 0) is 16.1 Å². The molecule has 0 radical (unpaired) electrons. The lowest BCUT2D eigenvalue weighted by atomic mass is 9.88. The lowest BCUT2D eigenvalue weighted by Crippen LogP contribution is -2.49. The van der Waals surface area contributed by atoms with Crippen molar-refractivity contribution >= 4 is 5.91 Å². The summed E-state index contributed by atoms with van der Waals surface area (Å²) >= 11 is 0. The molecule has 5 heterocycles. The minimum Gasteiger partial charge on any atom is -0.396 e. The van der Waals surface area contributed by atoms with Crippen LogP contribution in [0.25, 0.3) is 11.1 Å². The van der Waals surface area contributed by atoms with Crippen molar-refractivity contribution in [3.8, 4) is 11.1 Å². The van der Waals surface area contributed by atoms with Gasteiger partial charge in [-0.05, 0) is 55.8 Å². The van der Waals surface area contributed by atoms with Gasteiger partial charge in [0.1, 0.15) is 0 Å². The molecule has 0 aliphatic carbocycles. The number of carbonyl (C=O) groups is 1. The molecule has 4 atom stereocenters. The van der Waals surface area contributed by atoms with Gasteiger partial charge in [-0.1, -0.05) is 6.92 Å². The molecule has 2 aromatic heterocycles. The number of aliphatic hydroxyl groups is 1. The second-order valence-corrected chi connectivity index (χ2v) is 10.1. The summed E-state index contributed by atoms with van der Waals surface area (Å²) in [4.78, 5) is 35.5. The zero-order chi connectivity index (χ0) is 25.1. The van der Waals surface area contributed by atoms with Gasteiger partial charge in [0.2, 0.25) is 5.91 Å². The number of hydrogen-bond acceptors (Lipinski definition) is 7. The smallest absolute Gasteiger partial charge is 0.258 e. The van der Waals surface area contributed by atoms with E-state index in [9.17, 15) is 14.7 Å². The topological polar surface area (TPSA) is 99.9 Å². The number of morpholine rings is 1. The Morgan fingerprint density at radius 1 is 1.17 bits per heavy atom. The number of carbonyl (C=O) groups excluding carboxylic acids is 1. The second kappa shape index (κ2) is 11.2. The van der Waals surface area contributed by atoms with Gasteiger partial charge in [-0.25, -0.2) is 0 Å². The van der Waals surface area contributed by atoms with Crippen molar-refractivity contribution in [3.63, 3.8) is 0 Å². The highest BCUT2D eigenvalue weighted by molar-refractivity contribution is 5.82. The molecule has 1 amide bonds. The second-order valence-electron chi connectivity index (χ2n) is 10.1. The predicted octanol–water partition coefficient (Wildman–Crippen LogP) is 1.12. The lowest BCUT2D eigenvalue weighted by molar-refractivity contribution is -0.127. The molecule has 36 heavy (non-hydrogen) atoms. The minimum atomic E-state index is -0.392. The van der Waals surface area contributed by atoms with Crippen LogP contribution < -0.4 is 10.9 Å². The van der Waals surface area contributed by atoms with E-state index in [-0.39, 0.29) is 36.0 Å². The van der Waals surface area contributed by atoms with Crippen LogP contribution in [-0.4, -0.2) is 89.0 Å². The molecule has 0 spiro atoms. The maximum atomic E-state index is 13.4. The molecule has 0 saturated carbocycles. The van der Waals surface area contributed by atoms with E-state index >= 15 is 0 Å². The van der Waals surface area contributed by atoms with Crippen molar-refractivity contribution in [3.05, 3.63) is 52.7 Å². The Balaban J connectivity index is 1.33. The molecule has 3 aliphatic heterocycles. The first-order chi connectivity index (χ1) is 17.6. The van der Waals surface area contributed by atoms with E-state index in [1.165, 1.54) is 0 Å². The molecule has 0 bridgehead atoms. The van der Waals surface area contributed by atoms with E-state index < -0.39 is 6.04 Å². The van der Waals surface area contributed by atoms with Gasteiger partial charge in [0.15, 0.2) is 0 Å². The number of nitrogens with one attached hydrogen (secondary N) is 1. The number of pyridine rings is 2. The molecular formula is C27H37N5O4. The van der Waals surface area contributed by atoms with E-state index in [2.05, 4.69) is 27.0 Å². The summed E-state index contributed by atoms with van der Waals surface area (Å²) in [5.41, 5.74) is 2.42. The highest BCUT2D eigenvalue weighted by atomic mass is 16.5. The van der Waals surface area contributed by atoms with Crippen LogP contribution in [0.4, 0.5) is 0 Å². The van der Waals surface area contributed by atoms with E-state index in [0.717, 1.165) is 63.5 Å². The zero-order valence-electron chi connectivity index (χ0n) is 21.0. The number of amides is 1. The summed E-state index contributed by atoms with van der Waals surface area (Å²) in [6.07, 6.45) is 5.16. The van der Waals surface area contributed by atoms with Gasteiger partial charge in [-0.3, -0.25) is 24.4 Å². The molecule has 5 rings (SSSR count). The van der Waals surface area contributed by atoms with E-state index in [0.29, 0.717) is 18.7 Å². The fourth-order valence-corrected chi connectivity index (χ4v) is 6.32. The Labute approximate surface area is 212 Å². The molecule has 2 N–H and O–H groups in total. The average molecular weight is 496 g/mol. The first kappa shape index (κ1) is 25.1. The standard InChI is InChI=1S/C27H37N5O4/c1-2-11-31-24-21(17-32-23(24)5-4-20(27(32)35)19-6-9-28-10-7-19)22(18-33)25(31)26(34)29-8-3-12-30-13-15-36-16-14-30/h4-7,9-10,21-22,24-25,33H,2-3,8,11-18H2,1H3,(H,29,34)/t21-,22-,24+,25-/m1/s1. The lowest BCUT2D eigenvalue weighted by Gasteiger charge is -2.31. The van der Waals surface area contributed by atoms with Gasteiger partial charge in [0.05, 0.1) is 25.3 Å². The van der Waals surface area contributed by atoms with Crippen LogP contribution in [0.15, 0.2) is 41.5 Å². The Morgan fingerprint density at radius 3 is 2.67 bits per heavy atom. The van der Waals surface area contributed by atoms with Crippen molar-refractivity contribution in [2.24, 2.45) is 11.8 Å². The van der Waals surface area contributed by atoms with Crippen LogP contribution in [0.1, 0.15) is 31.5 Å². The summed E-state index contributed by atoms with van der Waals surface area (Å²) in [7, 11) is 0. The molecule has 2 fully saturated rings. The maximum absolute atomic E-state index is 13.4. The zero-order valence-corrected chi connectivity index (χ0v) is 21.0. The van der Waals surface area contributed by atoms with E-state index in [1.807, 2.05) is 28.8 Å². The van der Waals surface area contributed by atoms with Gasteiger partial charge >= 0.3 is 0 Å². The summed E-state index contributed by atoms with van der Waals surface area (Å²) in [6.45, 7) is 8.28. The Hall–Kier alpha value is -2.59. The fraction of sp³-hybridized carbons (Fsp3) is 0.593. The molecule has 0 aromatic carbocycles. The average Bonchev–Trinajstić information content (AvgIpc) is 3.43. The van der Waals surface area contributed by atoms with Gasteiger partial charge in [0, 0.05) is 68.3 Å². The number of aliphatic hydroxyl groups excluding tert-OH is 1. The van der Waals surface area contributed by atoms with E-state index in [4.69, 9.17) is 4.74 Å². The summed E-state index contributed by atoms with van der Waals surface area (Å²) in [5.74, 6) is -0.211. The number of aromatic nitrogens is 2. The van der Waals surface area contributed by atoms with E-state index in [1.54, 1.807) is 12.4 Å². The van der Waals surface area contributed by atoms with Gasteiger partial charge in [-0.15, -0.1) is 0 Å². The number of ether oxygens (including phenoxy) is 1. The maximum Gasteiger partial charge on any atom is 0.258 e. The molecule has 2 saturated heterocycles. The third-order valence-electron chi connectivity index (χ3n) is 7.99. The summed E-state index contributed by atoms with van der Waals surface area (Å²) in [5, 5.41) is 13.6. The largest absolute Gasteiger partial charge is 0.396 e. The van der Waals surface area contributed by atoms with Crippen LogP contribution in [0, 0.1) is 11.8 Å². The molecular weight excluding hydrogens is 458 g/mol. The number of rotatable bonds is 9. The highest BCUT2D eigenvalue weighted by Gasteiger charge is 2.55. The Bertz CT molecular complexity index is 1100. The molecule has 194 valence electrons. The van der Waals surface area contributed by atoms with Crippen LogP contribution in [0.3, 0.4) is 0 Å². The number of nitrogens with zero attached hydrogens (tertiary/aromatic N) is 4. The van der Waals surface area contributed by atoms with Crippen molar-refractivity contribution in [2.45, 2.75) is 38.4 Å². The monoisotopic (exact) mass is 495 g/mol. The summed E-state index contributed by atoms with van der Waals surface area (Å²) < 4.78 is 7.26. The van der Waals surface area contributed by atoms with Gasteiger partial charge in [-0.2, -0.15) is 0 Å². The van der Waals surface area contributed by atoms with Gasteiger partial charge in [0.25, 0.3) is 5.56 Å². The van der Waals surface area contributed by atoms with Crippen LogP contribution in [0.5, 0.6) is 0 Å². The van der Waals surface area contributed by atoms with Gasteiger partial charge < -0.3 is 19.7 Å². The van der Waals surface area contributed by atoms with Crippen molar-refractivity contribution in [1.82, 2.24) is 24.7 Å². The predicted molar refractivity (Wildman–Crippen MR) is 136 cm³/mol. The van der Waals surface area contributed by atoms with Crippen molar-refractivity contribution in [1.29, 1.82) is 0 Å². The third kappa shape index (κ3) is 4.72. The third-order valence-corrected chi connectivity index (χ3v) is 7.99. The number of fused-ring (bicyclic) bond motifs is 3. The SMILES string of the molecule is CCCN1[C@@H]2c3ccc(-c4ccncc4)c(=O)n3C[C@@H]2[C@@H](CO)[C@@H]1C(=O)NCCCN1CCOCC1. The fourth-order valence-electron chi connectivity index (χ4n) is 6.32. The Kier molecular flexibility index (Phi) is 7.81. The minimum absolute atomic E-state index is 0.0128. The van der Waals surface area contributed by atoms with Crippen molar-refractivity contribution < 1.29 is 14.6 Å².